The highest BCUT2D eigenvalue weighted by Gasteiger charge is 2.16. The van der Waals surface area contributed by atoms with Gasteiger partial charge in [0, 0.05) is 6.54 Å². The molecule has 0 amide bonds. The summed E-state index contributed by atoms with van der Waals surface area (Å²) in [5.41, 5.74) is 4.13. The van der Waals surface area contributed by atoms with Crippen LogP contribution in [0.15, 0.2) is 48.5 Å². The summed E-state index contributed by atoms with van der Waals surface area (Å²) in [5, 5.41) is 0. The predicted octanol–water partition coefficient (Wildman–Crippen LogP) is 4.56. The standard InChI is InChI=1S/C22H27NO2/c1-2-25-22(24)21-12-11-19(18-9-5-3-6-10-18)17-20(21)13-16-23-14-7-4-8-15-23/h3,5-6,9-12,17H,2,4,7-8,13-16H2,1H3. The Morgan fingerprint density at radius 3 is 2.48 bits per heavy atom. The molecule has 1 heterocycles. The highest BCUT2D eigenvalue weighted by molar-refractivity contribution is 5.92. The van der Waals surface area contributed by atoms with Gasteiger partial charge in [-0.1, -0.05) is 48.9 Å². The van der Waals surface area contributed by atoms with Crippen molar-refractivity contribution in [1.82, 2.24) is 4.90 Å². The Balaban J connectivity index is 1.83. The van der Waals surface area contributed by atoms with Gasteiger partial charge in [-0.2, -0.15) is 0 Å². The molecule has 0 aliphatic carbocycles. The quantitative estimate of drug-likeness (QED) is 0.724. The van der Waals surface area contributed by atoms with Crippen LogP contribution in [-0.4, -0.2) is 37.1 Å². The molecule has 0 radical (unpaired) electrons. The maximum absolute atomic E-state index is 12.3. The summed E-state index contributed by atoms with van der Waals surface area (Å²) in [6.07, 6.45) is 4.80. The summed E-state index contributed by atoms with van der Waals surface area (Å²) < 4.78 is 5.25. The van der Waals surface area contributed by atoms with E-state index in [1.165, 1.54) is 37.9 Å². The van der Waals surface area contributed by atoms with E-state index in [2.05, 4.69) is 23.1 Å². The van der Waals surface area contributed by atoms with Crippen molar-refractivity contribution in [1.29, 1.82) is 0 Å². The molecule has 3 nitrogen and oxygen atoms in total. The lowest BCUT2D eigenvalue weighted by Gasteiger charge is -2.26. The Morgan fingerprint density at radius 1 is 1.00 bits per heavy atom. The van der Waals surface area contributed by atoms with Crippen LogP contribution >= 0.6 is 0 Å². The van der Waals surface area contributed by atoms with Crippen LogP contribution < -0.4 is 0 Å². The lowest BCUT2D eigenvalue weighted by molar-refractivity contribution is 0.0525. The lowest BCUT2D eigenvalue weighted by atomic mass is 9.97. The zero-order valence-corrected chi connectivity index (χ0v) is 15.0. The maximum Gasteiger partial charge on any atom is 0.338 e. The van der Waals surface area contributed by atoms with Crippen LogP contribution in [0.2, 0.25) is 0 Å². The molecule has 3 rings (SSSR count). The van der Waals surface area contributed by atoms with Crippen LogP contribution in [-0.2, 0) is 11.2 Å². The first-order chi connectivity index (χ1) is 12.3. The molecule has 0 spiro atoms. The highest BCUT2D eigenvalue weighted by Crippen LogP contribution is 2.24. The maximum atomic E-state index is 12.3. The molecule has 1 aliphatic heterocycles. The lowest BCUT2D eigenvalue weighted by Crippen LogP contribution is -2.31. The molecular formula is C22H27NO2. The molecule has 1 fully saturated rings. The summed E-state index contributed by atoms with van der Waals surface area (Å²) in [7, 11) is 0. The number of piperidine rings is 1. The smallest absolute Gasteiger partial charge is 0.338 e. The SMILES string of the molecule is CCOC(=O)c1ccc(-c2ccccc2)cc1CCN1CCCCC1. The second-order valence-corrected chi connectivity index (χ2v) is 6.61. The summed E-state index contributed by atoms with van der Waals surface area (Å²) in [4.78, 5) is 14.8. The summed E-state index contributed by atoms with van der Waals surface area (Å²) in [6.45, 7) is 5.61. The Morgan fingerprint density at radius 2 is 1.76 bits per heavy atom. The van der Waals surface area contributed by atoms with E-state index in [-0.39, 0.29) is 5.97 Å². The average molecular weight is 337 g/mol. The molecule has 132 valence electrons. The van der Waals surface area contributed by atoms with Gasteiger partial charge in [0.25, 0.3) is 0 Å². The fourth-order valence-corrected chi connectivity index (χ4v) is 3.48. The topological polar surface area (TPSA) is 29.5 Å². The van der Waals surface area contributed by atoms with Gasteiger partial charge < -0.3 is 9.64 Å². The number of esters is 1. The fraction of sp³-hybridized carbons (Fsp3) is 0.409. The predicted molar refractivity (Wildman–Crippen MR) is 102 cm³/mol. The van der Waals surface area contributed by atoms with Gasteiger partial charge in [0.2, 0.25) is 0 Å². The van der Waals surface area contributed by atoms with Crippen LogP contribution in [0.25, 0.3) is 11.1 Å². The van der Waals surface area contributed by atoms with Crippen molar-refractivity contribution in [3.8, 4) is 11.1 Å². The molecule has 0 N–H and O–H groups in total. The molecule has 0 atom stereocenters. The molecule has 2 aromatic rings. The molecule has 1 saturated heterocycles. The number of nitrogens with zero attached hydrogens (tertiary/aromatic N) is 1. The van der Waals surface area contributed by atoms with Crippen molar-refractivity contribution in [2.75, 3.05) is 26.2 Å². The minimum absolute atomic E-state index is 0.212. The molecule has 25 heavy (non-hydrogen) atoms. The summed E-state index contributed by atoms with van der Waals surface area (Å²) in [5.74, 6) is -0.212. The third-order valence-electron chi connectivity index (χ3n) is 4.85. The van der Waals surface area contributed by atoms with E-state index in [0.717, 1.165) is 24.1 Å². The zero-order chi connectivity index (χ0) is 17.5. The van der Waals surface area contributed by atoms with E-state index >= 15 is 0 Å². The van der Waals surface area contributed by atoms with E-state index in [1.807, 2.05) is 37.3 Å². The zero-order valence-electron chi connectivity index (χ0n) is 15.0. The largest absolute Gasteiger partial charge is 0.462 e. The molecule has 0 aromatic heterocycles. The van der Waals surface area contributed by atoms with Crippen LogP contribution in [0, 0.1) is 0 Å². The van der Waals surface area contributed by atoms with Crippen LogP contribution in [0.3, 0.4) is 0 Å². The van der Waals surface area contributed by atoms with Crippen molar-refractivity contribution in [2.45, 2.75) is 32.6 Å². The number of hydrogen-bond acceptors (Lipinski definition) is 3. The van der Waals surface area contributed by atoms with Crippen LogP contribution in [0.4, 0.5) is 0 Å². The number of likely N-dealkylation sites (tertiary alicyclic amines) is 1. The molecule has 1 aliphatic rings. The highest BCUT2D eigenvalue weighted by atomic mass is 16.5. The molecular weight excluding hydrogens is 310 g/mol. The molecule has 2 aromatic carbocycles. The van der Waals surface area contributed by atoms with Gasteiger partial charge in [-0.05, 0) is 62.0 Å². The summed E-state index contributed by atoms with van der Waals surface area (Å²) >= 11 is 0. The molecule has 0 bridgehead atoms. The van der Waals surface area contributed by atoms with Gasteiger partial charge >= 0.3 is 5.97 Å². The third-order valence-corrected chi connectivity index (χ3v) is 4.85. The van der Waals surface area contributed by atoms with E-state index in [4.69, 9.17) is 4.74 Å². The van der Waals surface area contributed by atoms with Crippen molar-refractivity contribution in [2.24, 2.45) is 0 Å². The van der Waals surface area contributed by atoms with E-state index in [1.54, 1.807) is 0 Å². The normalized spacial score (nSPS) is 15.1. The first-order valence-electron chi connectivity index (χ1n) is 9.35. The van der Waals surface area contributed by atoms with Gasteiger partial charge in [-0.25, -0.2) is 4.79 Å². The monoisotopic (exact) mass is 337 g/mol. The van der Waals surface area contributed by atoms with E-state index < -0.39 is 0 Å². The number of hydrogen-bond donors (Lipinski definition) is 0. The average Bonchev–Trinajstić information content (AvgIpc) is 2.68. The first kappa shape index (κ1) is 17.7. The summed E-state index contributed by atoms with van der Waals surface area (Å²) in [6, 6.07) is 16.4. The third kappa shape index (κ3) is 4.70. The van der Waals surface area contributed by atoms with Crippen LogP contribution in [0.1, 0.15) is 42.1 Å². The van der Waals surface area contributed by atoms with Gasteiger partial charge in [-0.3, -0.25) is 0 Å². The first-order valence-corrected chi connectivity index (χ1v) is 9.35. The van der Waals surface area contributed by atoms with Crippen molar-refractivity contribution >= 4 is 5.97 Å². The number of rotatable bonds is 6. The Bertz CT molecular complexity index is 690. The molecule has 3 heteroatoms. The Kier molecular flexibility index (Phi) is 6.24. The Hall–Kier alpha value is -2.13. The molecule has 0 unspecified atom stereocenters. The van der Waals surface area contributed by atoms with Gasteiger partial charge in [-0.15, -0.1) is 0 Å². The fourth-order valence-electron chi connectivity index (χ4n) is 3.48. The number of carbonyl (C=O) groups excluding carboxylic acids is 1. The second kappa shape index (κ2) is 8.82. The minimum atomic E-state index is -0.212. The van der Waals surface area contributed by atoms with E-state index in [0.29, 0.717) is 12.2 Å². The number of ether oxygens (including phenoxy) is 1. The van der Waals surface area contributed by atoms with Crippen molar-refractivity contribution in [3.63, 3.8) is 0 Å². The minimum Gasteiger partial charge on any atom is -0.462 e. The second-order valence-electron chi connectivity index (χ2n) is 6.61. The van der Waals surface area contributed by atoms with Gasteiger partial charge in [0.15, 0.2) is 0 Å². The number of carbonyl (C=O) groups is 1. The number of benzene rings is 2. The van der Waals surface area contributed by atoms with Gasteiger partial charge in [0.05, 0.1) is 12.2 Å². The van der Waals surface area contributed by atoms with Crippen molar-refractivity contribution in [3.05, 3.63) is 59.7 Å². The van der Waals surface area contributed by atoms with Gasteiger partial charge in [0.1, 0.15) is 0 Å². The molecule has 0 saturated carbocycles. The van der Waals surface area contributed by atoms with E-state index in [9.17, 15) is 4.79 Å². The Labute approximate surface area is 150 Å². The van der Waals surface area contributed by atoms with Crippen molar-refractivity contribution < 1.29 is 9.53 Å². The van der Waals surface area contributed by atoms with Crippen LogP contribution in [0.5, 0.6) is 0 Å².